The smallest absolute Gasteiger partial charge is 0.425 e. The van der Waals surface area contributed by atoms with E-state index in [-0.39, 0.29) is 39.4 Å². The van der Waals surface area contributed by atoms with Gasteiger partial charge in [-0.1, -0.05) is 29.3 Å². The molecule has 0 saturated heterocycles. The number of aryl methyl sites for hydroxylation is 1. The zero-order chi connectivity index (χ0) is 25.7. The molecule has 2 aromatic heterocycles. The van der Waals surface area contributed by atoms with Crippen molar-refractivity contribution in [1.29, 1.82) is 0 Å². The lowest BCUT2D eigenvalue weighted by Crippen LogP contribution is -2.46. The summed E-state index contributed by atoms with van der Waals surface area (Å²) >= 11 is 15.7. The molecule has 0 aliphatic rings. The second-order valence-corrected chi connectivity index (χ2v) is 8.64. The monoisotopic (exact) mass is 580 g/mol. The Labute approximate surface area is 219 Å². The van der Waals surface area contributed by atoms with Crippen LogP contribution in [-0.4, -0.2) is 51.3 Å². The van der Waals surface area contributed by atoms with Gasteiger partial charge in [-0.15, -0.1) is 6.58 Å². The standard InChI is InChI=1S/C22H19BrCl2N6O4/c1-4-8-30(29-22(34)35-3)21(33)14-10-13(24)9-12(2)18(14)27-20(32)16-11-17(23)28-31(16)19-15(25)6-5-7-26-19/h4-7,9-11H,1,8H2,2-3H3,(H,27,32)(H,29,34). The molecule has 2 heterocycles. The Morgan fingerprint density at radius 2 is 2.03 bits per heavy atom. The van der Waals surface area contributed by atoms with E-state index < -0.39 is 17.9 Å². The normalized spacial score (nSPS) is 10.4. The number of benzene rings is 1. The van der Waals surface area contributed by atoms with E-state index in [4.69, 9.17) is 23.2 Å². The first kappa shape index (κ1) is 26.2. The van der Waals surface area contributed by atoms with Gasteiger partial charge in [0.1, 0.15) is 10.3 Å². The minimum atomic E-state index is -0.856. The molecular weight excluding hydrogens is 563 g/mol. The Balaban J connectivity index is 2.03. The molecule has 0 atom stereocenters. The minimum absolute atomic E-state index is 0.0302. The zero-order valence-electron chi connectivity index (χ0n) is 18.5. The molecule has 0 aliphatic heterocycles. The lowest BCUT2D eigenvalue weighted by molar-refractivity contribution is 0.0659. The highest BCUT2D eigenvalue weighted by molar-refractivity contribution is 9.10. The van der Waals surface area contributed by atoms with E-state index in [1.165, 1.54) is 29.1 Å². The van der Waals surface area contributed by atoms with E-state index in [0.717, 1.165) is 12.1 Å². The number of hydrogen-bond acceptors (Lipinski definition) is 6. The maximum absolute atomic E-state index is 13.3. The van der Waals surface area contributed by atoms with Crippen LogP contribution in [0, 0.1) is 6.92 Å². The zero-order valence-corrected chi connectivity index (χ0v) is 21.6. The van der Waals surface area contributed by atoms with Crippen LogP contribution in [-0.2, 0) is 4.74 Å². The molecule has 10 nitrogen and oxygen atoms in total. The fraction of sp³-hybridized carbons (Fsp3) is 0.136. The highest BCUT2D eigenvalue weighted by Gasteiger charge is 2.25. The van der Waals surface area contributed by atoms with Crippen LogP contribution in [0.2, 0.25) is 10.0 Å². The second kappa shape index (κ2) is 11.3. The maximum Gasteiger partial charge on any atom is 0.425 e. The van der Waals surface area contributed by atoms with Crippen LogP contribution < -0.4 is 10.7 Å². The first-order valence-electron chi connectivity index (χ1n) is 9.91. The number of pyridine rings is 1. The number of aromatic nitrogens is 3. The number of carbonyl (C=O) groups is 3. The predicted molar refractivity (Wildman–Crippen MR) is 135 cm³/mol. The Bertz CT molecular complexity index is 1310. The predicted octanol–water partition coefficient (Wildman–Crippen LogP) is 4.80. The molecular formula is C22H19BrCl2N6O4. The van der Waals surface area contributed by atoms with E-state index in [9.17, 15) is 14.4 Å². The van der Waals surface area contributed by atoms with Gasteiger partial charge in [0.05, 0.1) is 29.9 Å². The van der Waals surface area contributed by atoms with Crippen LogP contribution in [0.25, 0.3) is 5.82 Å². The van der Waals surface area contributed by atoms with Crippen molar-refractivity contribution in [1.82, 2.24) is 25.2 Å². The minimum Gasteiger partial charge on any atom is -0.452 e. The fourth-order valence-corrected chi connectivity index (χ4v) is 3.92. The molecule has 0 bridgehead atoms. The van der Waals surface area contributed by atoms with Gasteiger partial charge in [0.15, 0.2) is 5.82 Å². The van der Waals surface area contributed by atoms with Gasteiger partial charge in [0.25, 0.3) is 11.8 Å². The van der Waals surface area contributed by atoms with Crippen LogP contribution in [0.15, 0.2) is 53.8 Å². The van der Waals surface area contributed by atoms with Crippen molar-refractivity contribution in [2.24, 2.45) is 0 Å². The maximum atomic E-state index is 13.3. The molecule has 3 aromatic rings. The third kappa shape index (κ3) is 5.99. The Kier molecular flexibility index (Phi) is 8.49. The van der Waals surface area contributed by atoms with Crippen molar-refractivity contribution < 1.29 is 19.1 Å². The number of nitrogens with one attached hydrogen (secondary N) is 2. The SMILES string of the molecule is C=CCN(NC(=O)OC)C(=O)c1cc(Cl)cc(C)c1NC(=O)c1cc(Br)nn1-c1ncccc1Cl. The van der Waals surface area contributed by atoms with Crippen molar-refractivity contribution in [2.45, 2.75) is 6.92 Å². The summed E-state index contributed by atoms with van der Waals surface area (Å²) in [5.41, 5.74) is 3.13. The highest BCUT2D eigenvalue weighted by atomic mass is 79.9. The summed E-state index contributed by atoms with van der Waals surface area (Å²) < 4.78 is 6.22. The van der Waals surface area contributed by atoms with Gasteiger partial charge in [0, 0.05) is 17.3 Å². The van der Waals surface area contributed by atoms with Gasteiger partial charge in [-0.05, 0) is 52.7 Å². The average molecular weight is 582 g/mol. The lowest BCUT2D eigenvalue weighted by atomic mass is 10.1. The lowest BCUT2D eigenvalue weighted by Gasteiger charge is -2.23. The summed E-state index contributed by atoms with van der Waals surface area (Å²) in [5.74, 6) is -1.01. The van der Waals surface area contributed by atoms with Gasteiger partial charge in [-0.25, -0.2) is 24.9 Å². The topological polar surface area (TPSA) is 118 Å². The molecule has 0 unspecified atom stereocenters. The number of ether oxygens (including phenoxy) is 1. The fourth-order valence-electron chi connectivity index (χ4n) is 3.07. The average Bonchev–Trinajstić information content (AvgIpc) is 3.21. The van der Waals surface area contributed by atoms with E-state index in [1.807, 2.05) is 0 Å². The number of carbonyl (C=O) groups excluding carboxylic acids is 3. The summed E-state index contributed by atoms with van der Waals surface area (Å²) in [4.78, 5) is 42.6. The number of rotatable bonds is 6. The van der Waals surface area contributed by atoms with E-state index in [1.54, 1.807) is 25.1 Å². The summed E-state index contributed by atoms with van der Waals surface area (Å²) in [6.07, 6.45) is 2.07. The Morgan fingerprint density at radius 1 is 1.29 bits per heavy atom. The summed E-state index contributed by atoms with van der Waals surface area (Å²) in [5, 5.41) is 8.51. The number of amides is 3. The quantitative estimate of drug-likeness (QED) is 0.319. The molecule has 0 radical (unpaired) electrons. The van der Waals surface area contributed by atoms with Gasteiger partial charge >= 0.3 is 6.09 Å². The highest BCUT2D eigenvalue weighted by Crippen LogP contribution is 2.28. The number of anilines is 1. The van der Waals surface area contributed by atoms with Crippen molar-refractivity contribution in [2.75, 3.05) is 19.0 Å². The van der Waals surface area contributed by atoms with Crippen LogP contribution in [0.4, 0.5) is 10.5 Å². The van der Waals surface area contributed by atoms with E-state index in [0.29, 0.717) is 10.2 Å². The molecule has 3 amide bonds. The largest absolute Gasteiger partial charge is 0.452 e. The van der Waals surface area contributed by atoms with Gasteiger partial charge in [-0.2, -0.15) is 5.10 Å². The van der Waals surface area contributed by atoms with Crippen molar-refractivity contribution in [3.8, 4) is 5.82 Å². The summed E-state index contributed by atoms with van der Waals surface area (Å²) in [6, 6.07) is 7.71. The molecule has 35 heavy (non-hydrogen) atoms. The van der Waals surface area contributed by atoms with Crippen LogP contribution in [0.3, 0.4) is 0 Å². The van der Waals surface area contributed by atoms with Crippen LogP contribution in [0.5, 0.6) is 0 Å². The molecule has 0 saturated carbocycles. The number of halogens is 3. The molecule has 0 spiro atoms. The summed E-state index contributed by atoms with van der Waals surface area (Å²) in [7, 11) is 1.16. The van der Waals surface area contributed by atoms with Crippen molar-refractivity contribution in [3.63, 3.8) is 0 Å². The Morgan fingerprint density at radius 3 is 2.69 bits per heavy atom. The van der Waals surface area contributed by atoms with Crippen molar-refractivity contribution in [3.05, 3.63) is 80.7 Å². The van der Waals surface area contributed by atoms with Crippen LogP contribution in [0.1, 0.15) is 26.4 Å². The number of nitrogens with zero attached hydrogens (tertiary/aromatic N) is 4. The first-order chi connectivity index (χ1) is 16.7. The van der Waals surface area contributed by atoms with E-state index >= 15 is 0 Å². The molecule has 13 heteroatoms. The molecule has 182 valence electrons. The van der Waals surface area contributed by atoms with Gasteiger partial charge in [-0.3, -0.25) is 9.59 Å². The molecule has 3 rings (SSSR count). The van der Waals surface area contributed by atoms with E-state index in [2.05, 4.69) is 48.1 Å². The number of hydrazine groups is 1. The Hall–Kier alpha value is -3.41. The second-order valence-electron chi connectivity index (χ2n) is 6.98. The number of methoxy groups -OCH3 is 1. The third-order valence-electron chi connectivity index (χ3n) is 4.59. The van der Waals surface area contributed by atoms with Gasteiger partial charge in [0.2, 0.25) is 0 Å². The van der Waals surface area contributed by atoms with Gasteiger partial charge < -0.3 is 10.1 Å². The first-order valence-corrected chi connectivity index (χ1v) is 11.5. The molecule has 0 aliphatic carbocycles. The van der Waals surface area contributed by atoms with Crippen molar-refractivity contribution >= 4 is 62.7 Å². The number of hydrogen-bond donors (Lipinski definition) is 2. The summed E-state index contributed by atoms with van der Waals surface area (Å²) in [6.45, 7) is 5.23. The van der Waals surface area contributed by atoms with Crippen LogP contribution >= 0.6 is 39.1 Å². The third-order valence-corrected chi connectivity index (χ3v) is 5.49. The molecule has 2 N–H and O–H groups in total. The molecule has 1 aromatic carbocycles. The molecule has 0 fully saturated rings.